The van der Waals surface area contributed by atoms with Crippen molar-refractivity contribution < 1.29 is 9.90 Å². The van der Waals surface area contributed by atoms with Gasteiger partial charge in [-0.3, -0.25) is 0 Å². The van der Waals surface area contributed by atoms with Gasteiger partial charge in [0.25, 0.3) is 0 Å². The Labute approximate surface area is 96.7 Å². The molecule has 3 heteroatoms. The fraction of sp³-hybridized carbons (Fsp3) is 0.462. The highest BCUT2D eigenvalue weighted by Crippen LogP contribution is 2.27. The number of carboxylic acids is 1. The van der Waals surface area contributed by atoms with Crippen LogP contribution in [0.4, 0.5) is 5.69 Å². The first-order valence-corrected chi connectivity index (χ1v) is 5.46. The van der Waals surface area contributed by atoms with Crippen LogP contribution < -0.4 is 4.90 Å². The lowest BCUT2D eigenvalue weighted by molar-refractivity contribution is -0.142. The molecule has 0 bridgehead atoms. The van der Waals surface area contributed by atoms with Crippen LogP contribution in [-0.2, 0) is 4.79 Å². The molecule has 0 aromatic heterocycles. The molecule has 0 amide bonds. The van der Waals surface area contributed by atoms with Gasteiger partial charge in [0.15, 0.2) is 0 Å². The Kier molecular flexibility index (Phi) is 3.58. The molecule has 0 radical (unpaired) electrons. The number of nitrogens with zero attached hydrogens (tertiary/aromatic N) is 1. The number of hydrogen-bond acceptors (Lipinski definition) is 2. The van der Waals surface area contributed by atoms with Crippen LogP contribution in [0.1, 0.15) is 25.8 Å². The monoisotopic (exact) mass is 221 g/mol. The Morgan fingerprint density at radius 1 is 1.44 bits per heavy atom. The highest BCUT2D eigenvalue weighted by atomic mass is 16.4. The molecule has 3 nitrogen and oxygen atoms in total. The quantitative estimate of drug-likeness (QED) is 0.849. The molecular weight excluding hydrogens is 202 g/mol. The van der Waals surface area contributed by atoms with Crippen molar-refractivity contribution in [2.24, 2.45) is 0 Å². The fourth-order valence-corrected chi connectivity index (χ4v) is 1.74. The Hall–Kier alpha value is -1.51. The van der Waals surface area contributed by atoms with Crippen molar-refractivity contribution in [3.63, 3.8) is 0 Å². The van der Waals surface area contributed by atoms with Gasteiger partial charge in [0, 0.05) is 12.7 Å². The molecule has 0 heterocycles. The van der Waals surface area contributed by atoms with Crippen molar-refractivity contribution in [3.8, 4) is 0 Å². The van der Waals surface area contributed by atoms with Crippen LogP contribution >= 0.6 is 0 Å². The first kappa shape index (κ1) is 12.6. The van der Waals surface area contributed by atoms with E-state index in [1.807, 2.05) is 50.1 Å². The molecule has 0 saturated carbocycles. The summed E-state index contributed by atoms with van der Waals surface area (Å²) in [5.74, 6) is -0.791. The van der Waals surface area contributed by atoms with Crippen LogP contribution in [0.3, 0.4) is 0 Å². The van der Waals surface area contributed by atoms with Crippen LogP contribution in [0.15, 0.2) is 24.3 Å². The zero-order valence-corrected chi connectivity index (χ0v) is 10.3. The van der Waals surface area contributed by atoms with E-state index in [4.69, 9.17) is 0 Å². The number of para-hydroxylation sites is 1. The lowest BCUT2D eigenvalue weighted by Gasteiger charge is -2.36. The lowest BCUT2D eigenvalue weighted by Crippen LogP contribution is -2.50. The summed E-state index contributed by atoms with van der Waals surface area (Å²) in [6.07, 6.45) is 0.563. The summed E-state index contributed by atoms with van der Waals surface area (Å²) in [5.41, 5.74) is 1.20. The van der Waals surface area contributed by atoms with Crippen molar-refractivity contribution in [1.82, 2.24) is 0 Å². The second kappa shape index (κ2) is 4.56. The van der Waals surface area contributed by atoms with Crippen LogP contribution in [0, 0.1) is 6.92 Å². The number of anilines is 1. The maximum Gasteiger partial charge on any atom is 0.329 e. The summed E-state index contributed by atoms with van der Waals surface area (Å²) < 4.78 is 0. The average Bonchev–Trinajstić information content (AvgIpc) is 2.27. The van der Waals surface area contributed by atoms with E-state index < -0.39 is 11.5 Å². The molecule has 1 atom stereocenters. The van der Waals surface area contributed by atoms with Gasteiger partial charge in [0.05, 0.1) is 0 Å². The van der Waals surface area contributed by atoms with E-state index in [2.05, 4.69) is 0 Å². The number of aliphatic carboxylic acids is 1. The van der Waals surface area contributed by atoms with Gasteiger partial charge in [-0.2, -0.15) is 0 Å². The number of likely N-dealkylation sites (N-methyl/N-ethyl adjacent to an activating group) is 1. The molecule has 0 aliphatic heterocycles. The smallest absolute Gasteiger partial charge is 0.329 e. The van der Waals surface area contributed by atoms with E-state index in [1.165, 1.54) is 0 Å². The van der Waals surface area contributed by atoms with E-state index >= 15 is 0 Å². The second-order valence-corrected chi connectivity index (χ2v) is 4.28. The number of benzene rings is 1. The number of aryl methyl sites for hydroxylation is 1. The van der Waals surface area contributed by atoms with Crippen molar-refractivity contribution in [2.75, 3.05) is 11.9 Å². The van der Waals surface area contributed by atoms with Gasteiger partial charge in [-0.1, -0.05) is 25.1 Å². The SMILES string of the molecule is CCC(C)(C(=O)O)N(C)c1ccccc1C. The topological polar surface area (TPSA) is 40.5 Å². The molecule has 16 heavy (non-hydrogen) atoms. The van der Waals surface area contributed by atoms with E-state index in [0.717, 1.165) is 11.3 Å². The van der Waals surface area contributed by atoms with Crippen LogP contribution in [0.2, 0.25) is 0 Å². The summed E-state index contributed by atoms with van der Waals surface area (Å²) in [4.78, 5) is 13.2. The average molecular weight is 221 g/mol. The molecule has 0 fully saturated rings. The Balaban J connectivity index is 3.15. The van der Waals surface area contributed by atoms with Gasteiger partial charge >= 0.3 is 5.97 Å². The molecular formula is C13H19NO2. The second-order valence-electron chi connectivity index (χ2n) is 4.28. The van der Waals surface area contributed by atoms with Gasteiger partial charge in [-0.25, -0.2) is 4.79 Å². The van der Waals surface area contributed by atoms with E-state index in [1.54, 1.807) is 6.92 Å². The Bertz CT molecular complexity index is 389. The van der Waals surface area contributed by atoms with E-state index in [0.29, 0.717) is 6.42 Å². The first-order chi connectivity index (χ1) is 7.43. The van der Waals surface area contributed by atoms with Crippen LogP contribution in [0.5, 0.6) is 0 Å². The van der Waals surface area contributed by atoms with E-state index in [9.17, 15) is 9.90 Å². The van der Waals surface area contributed by atoms with Crippen molar-refractivity contribution in [1.29, 1.82) is 0 Å². The largest absolute Gasteiger partial charge is 0.480 e. The highest BCUT2D eigenvalue weighted by molar-refractivity contribution is 5.83. The molecule has 0 spiro atoms. The molecule has 1 unspecified atom stereocenters. The third-order valence-corrected chi connectivity index (χ3v) is 3.37. The number of carboxylic acid groups (broad SMARTS) is 1. The fourth-order valence-electron chi connectivity index (χ4n) is 1.74. The van der Waals surface area contributed by atoms with Gasteiger partial charge in [-0.15, -0.1) is 0 Å². The van der Waals surface area contributed by atoms with Crippen molar-refractivity contribution >= 4 is 11.7 Å². The minimum absolute atomic E-state index is 0.563. The Morgan fingerprint density at radius 3 is 2.44 bits per heavy atom. The minimum atomic E-state index is -0.855. The first-order valence-electron chi connectivity index (χ1n) is 5.46. The number of carbonyl (C=O) groups is 1. The predicted octanol–water partition coefficient (Wildman–Crippen LogP) is 2.68. The maximum atomic E-state index is 11.3. The molecule has 88 valence electrons. The summed E-state index contributed by atoms with van der Waals surface area (Å²) in [7, 11) is 1.83. The predicted molar refractivity (Wildman–Crippen MR) is 65.9 cm³/mol. The molecule has 0 aliphatic rings. The van der Waals surface area contributed by atoms with Crippen LogP contribution in [-0.4, -0.2) is 23.7 Å². The molecule has 1 aromatic rings. The zero-order chi connectivity index (χ0) is 12.3. The summed E-state index contributed by atoms with van der Waals surface area (Å²) in [6.45, 7) is 5.63. The third kappa shape index (κ3) is 2.03. The van der Waals surface area contributed by atoms with Crippen molar-refractivity contribution in [2.45, 2.75) is 32.7 Å². The summed E-state index contributed by atoms with van der Waals surface area (Å²) >= 11 is 0. The highest BCUT2D eigenvalue weighted by Gasteiger charge is 2.36. The normalized spacial score (nSPS) is 14.2. The summed E-state index contributed by atoms with van der Waals surface area (Å²) in [6, 6.07) is 7.82. The zero-order valence-electron chi connectivity index (χ0n) is 10.3. The van der Waals surface area contributed by atoms with E-state index in [-0.39, 0.29) is 0 Å². The third-order valence-electron chi connectivity index (χ3n) is 3.37. The summed E-state index contributed by atoms with van der Waals surface area (Å²) in [5, 5.41) is 9.31. The molecule has 0 saturated heterocycles. The molecule has 1 rings (SSSR count). The number of rotatable bonds is 4. The van der Waals surface area contributed by atoms with Crippen LogP contribution in [0.25, 0.3) is 0 Å². The minimum Gasteiger partial charge on any atom is -0.480 e. The Morgan fingerprint density at radius 2 is 2.00 bits per heavy atom. The van der Waals surface area contributed by atoms with Gasteiger partial charge < -0.3 is 10.0 Å². The molecule has 1 aromatic carbocycles. The van der Waals surface area contributed by atoms with Gasteiger partial charge in [-0.05, 0) is 31.9 Å². The lowest BCUT2D eigenvalue weighted by atomic mass is 9.95. The van der Waals surface area contributed by atoms with Crippen molar-refractivity contribution in [3.05, 3.63) is 29.8 Å². The standard InChI is InChI=1S/C13H19NO2/c1-5-13(3,12(15)16)14(4)11-9-7-6-8-10(11)2/h6-9H,5H2,1-4H3,(H,15,16). The number of hydrogen-bond donors (Lipinski definition) is 1. The maximum absolute atomic E-state index is 11.3. The van der Waals surface area contributed by atoms with Gasteiger partial charge in [0.2, 0.25) is 0 Å². The molecule has 0 aliphatic carbocycles. The molecule has 1 N–H and O–H groups in total. The van der Waals surface area contributed by atoms with Gasteiger partial charge in [0.1, 0.15) is 5.54 Å².